The number of anilines is 1. The molecule has 1 atom stereocenters. The van der Waals surface area contributed by atoms with Crippen LogP contribution in [-0.4, -0.2) is 33.8 Å². The average molecular weight is 337 g/mol. The van der Waals surface area contributed by atoms with Crippen LogP contribution in [0.25, 0.3) is 11.3 Å². The van der Waals surface area contributed by atoms with Gasteiger partial charge in [-0.2, -0.15) is 5.10 Å². The van der Waals surface area contributed by atoms with Gasteiger partial charge in [-0.3, -0.25) is 9.48 Å². The van der Waals surface area contributed by atoms with Crippen molar-refractivity contribution in [3.63, 3.8) is 0 Å². The smallest absolute Gasteiger partial charge is 0.276 e. The Hall–Kier alpha value is -2.93. The van der Waals surface area contributed by atoms with Crippen LogP contribution in [0.3, 0.4) is 0 Å². The molecule has 0 saturated carbocycles. The maximum atomic E-state index is 12.4. The highest BCUT2D eigenvalue weighted by molar-refractivity contribution is 6.02. The standard InChI is InChI=1S/C18H19N5O2/c24-18(16-7-9-23(22-16)15-2-1-8-19-10-15)21-14-5-3-13(4-6-14)17-11-20-12-25-17/h3-7,9,11-12,15,19H,1-2,8,10H2,(H,21,24). The topological polar surface area (TPSA) is 85.0 Å². The zero-order valence-electron chi connectivity index (χ0n) is 13.7. The van der Waals surface area contributed by atoms with Crippen molar-refractivity contribution < 1.29 is 9.21 Å². The molecule has 3 aromatic rings. The third kappa shape index (κ3) is 3.46. The third-order valence-corrected chi connectivity index (χ3v) is 4.35. The molecular formula is C18H19N5O2. The zero-order chi connectivity index (χ0) is 17.1. The van der Waals surface area contributed by atoms with Crippen molar-refractivity contribution in [2.24, 2.45) is 0 Å². The van der Waals surface area contributed by atoms with E-state index < -0.39 is 0 Å². The van der Waals surface area contributed by atoms with E-state index in [2.05, 4.69) is 20.7 Å². The van der Waals surface area contributed by atoms with Gasteiger partial charge in [-0.05, 0) is 49.7 Å². The van der Waals surface area contributed by atoms with Gasteiger partial charge in [-0.1, -0.05) is 0 Å². The van der Waals surface area contributed by atoms with Crippen LogP contribution < -0.4 is 10.6 Å². The second-order valence-corrected chi connectivity index (χ2v) is 6.08. The van der Waals surface area contributed by atoms with E-state index >= 15 is 0 Å². The van der Waals surface area contributed by atoms with Gasteiger partial charge in [-0.15, -0.1) is 0 Å². The highest BCUT2D eigenvalue weighted by Gasteiger charge is 2.17. The summed E-state index contributed by atoms with van der Waals surface area (Å²) in [5, 5.41) is 10.7. The quantitative estimate of drug-likeness (QED) is 0.764. The molecule has 25 heavy (non-hydrogen) atoms. The van der Waals surface area contributed by atoms with Crippen molar-refractivity contribution in [3.8, 4) is 11.3 Å². The average Bonchev–Trinajstić information content (AvgIpc) is 3.35. The van der Waals surface area contributed by atoms with E-state index in [4.69, 9.17) is 4.42 Å². The molecule has 7 heteroatoms. The van der Waals surface area contributed by atoms with Crippen molar-refractivity contribution in [1.82, 2.24) is 20.1 Å². The number of oxazole rings is 1. The van der Waals surface area contributed by atoms with Gasteiger partial charge in [0.25, 0.3) is 5.91 Å². The summed E-state index contributed by atoms with van der Waals surface area (Å²) >= 11 is 0. The fourth-order valence-electron chi connectivity index (χ4n) is 2.99. The molecule has 0 radical (unpaired) electrons. The normalized spacial score (nSPS) is 17.4. The fourth-order valence-corrected chi connectivity index (χ4v) is 2.99. The van der Waals surface area contributed by atoms with Gasteiger partial charge in [0.05, 0.1) is 12.2 Å². The Morgan fingerprint density at radius 3 is 2.88 bits per heavy atom. The number of nitrogens with one attached hydrogen (secondary N) is 2. The number of hydrogen-bond donors (Lipinski definition) is 2. The van der Waals surface area contributed by atoms with Crippen LogP contribution in [-0.2, 0) is 0 Å². The number of aromatic nitrogens is 3. The monoisotopic (exact) mass is 337 g/mol. The van der Waals surface area contributed by atoms with Gasteiger partial charge in [0.1, 0.15) is 0 Å². The highest BCUT2D eigenvalue weighted by Crippen LogP contribution is 2.21. The molecule has 3 heterocycles. The predicted octanol–water partition coefficient (Wildman–Crippen LogP) is 2.71. The first-order chi connectivity index (χ1) is 12.3. The number of carbonyl (C=O) groups is 1. The maximum absolute atomic E-state index is 12.4. The lowest BCUT2D eigenvalue weighted by Gasteiger charge is -2.22. The molecule has 1 saturated heterocycles. The van der Waals surface area contributed by atoms with Gasteiger partial charge in [0.2, 0.25) is 0 Å². The molecule has 7 nitrogen and oxygen atoms in total. The first kappa shape index (κ1) is 15.6. The van der Waals surface area contributed by atoms with Gasteiger partial charge >= 0.3 is 0 Å². The predicted molar refractivity (Wildman–Crippen MR) is 93.3 cm³/mol. The summed E-state index contributed by atoms with van der Waals surface area (Å²) in [5.41, 5.74) is 2.04. The molecule has 1 amide bonds. The van der Waals surface area contributed by atoms with Crippen molar-refractivity contribution in [1.29, 1.82) is 0 Å². The summed E-state index contributed by atoms with van der Waals surface area (Å²) in [4.78, 5) is 16.3. The van der Waals surface area contributed by atoms with Crippen LogP contribution in [0.2, 0.25) is 0 Å². The van der Waals surface area contributed by atoms with Crippen molar-refractivity contribution >= 4 is 11.6 Å². The Bertz CT molecular complexity index is 833. The molecular weight excluding hydrogens is 318 g/mol. The first-order valence-corrected chi connectivity index (χ1v) is 8.36. The molecule has 4 rings (SSSR count). The van der Waals surface area contributed by atoms with Crippen molar-refractivity contribution in [2.75, 3.05) is 18.4 Å². The van der Waals surface area contributed by atoms with Gasteiger partial charge in [0.15, 0.2) is 17.8 Å². The largest absolute Gasteiger partial charge is 0.444 e. The summed E-state index contributed by atoms with van der Waals surface area (Å²) < 4.78 is 7.14. The second-order valence-electron chi connectivity index (χ2n) is 6.08. The molecule has 128 valence electrons. The minimum absolute atomic E-state index is 0.213. The fraction of sp³-hybridized carbons (Fsp3) is 0.278. The van der Waals surface area contributed by atoms with Gasteiger partial charge < -0.3 is 15.1 Å². The van der Waals surface area contributed by atoms with Crippen LogP contribution in [0.1, 0.15) is 29.4 Å². The Morgan fingerprint density at radius 2 is 2.16 bits per heavy atom. The number of nitrogens with zero attached hydrogens (tertiary/aromatic N) is 3. The molecule has 2 N–H and O–H groups in total. The first-order valence-electron chi connectivity index (χ1n) is 8.36. The highest BCUT2D eigenvalue weighted by atomic mass is 16.3. The number of rotatable bonds is 4. The zero-order valence-corrected chi connectivity index (χ0v) is 13.7. The van der Waals surface area contributed by atoms with E-state index in [1.54, 1.807) is 12.3 Å². The Kier molecular flexibility index (Phi) is 4.30. The summed E-state index contributed by atoms with van der Waals surface area (Å²) in [6.07, 6.45) is 7.13. The van der Waals surface area contributed by atoms with Gasteiger partial charge in [0, 0.05) is 24.0 Å². The molecule has 1 aromatic carbocycles. The lowest BCUT2D eigenvalue weighted by Crippen LogP contribution is -2.32. The molecule has 2 aromatic heterocycles. The van der Waals surface area contributed by atoms with Crippen LogP contribution in [0.4, 0.5) is 5.69 Å². The Labute approximate surface area is 145 Å². The van der Waals surface area contributed by atoms with E-state index in [1.807, 2.05) is 35.1 Å². The molecule has 1 aliphatic heterocycles. The SMILES string of the molecule is O=C(Nc1ccc(-c2cnco2)cc1)c1ccn(C2CCCNC2)n1. The summed E-state index contributed by atoms with van der Waals surface area (Å²) in [7, 11) is 0. The van der Waals surface area contributed by atoms with Crippen molar-refractivity contribution in [3.05, 3.63) is 54.8 Å². The minimum atomic E-state index is -0.213. The van der Waals surface area contributed by atoms with Crippen LogP contribution in [0, 0.1) is 0 Å². The summed E-state index contributed by atoms with van der Waals surface area (Å²) in [5.74, 6) is 0.479. The maximum Gasteiger partial charge on any atom is 0.276 e. The van der Waals surface area contributed by atoms with E-state index in [-0.39, 0.29) is 5.91 Å². The van der Waals surface area contributed by atoms with Crippen LogP contribution >= 0.6 is 0 Å². The molecule has 1 fully saturated rings. The second kappa shape index (κ2) is 6.90. The van der Waals surface area contributed by atoms with Gasteiger partial charge in [-0.25, -0.2) is 4.98 Å². The molecule has 0 bridgehead atoms. The number of hydrogen-bond acceptors (Lipinski definition) is 5. The molecule has 0 aliphatic carbocycles. The summed E-state index contributed by atoms with van der Waals surface area (Å²) in [6.45, 7) is 1.95. The minimum Gasteiger partial charge on any atom is -0.444 e. The van der Waals surface area contributed by atoms with E-state index in [1.165, 1.54) is 6.39 Å². The van der Waals surface area contributed by atoms with E-state index in [9.17, 15) is 4.79 Å². The Morgan fingerprint density at radius 1 is 1.28 bits per heavy atom. The van der Waals surface area contributed by atoms with E-state index in [0.717, 1.165) is 31.5 Å². The molecule has 1 aliphatic rings. The Balaban J connectivity index is 1.42. The van der Waals surface area contributed by atoms with Crippen LogP contribution in [0.5, 0.6) is 0 Å². The third-order valence-electron chi connectivity index (χ3n) is 4.35. The van der Waals surface area contributed by atoms with Crippen LogP contribution in [0.15, 0.2) is 53.5 Å². The molecule has 0 spiro atoms. The number of benzene rings is 1. The number of amides is 1. The summed E-state index contributed by atoms with van der Waals surface area (Å²) in [6, 6.07) is 9.49. The lowest BCUT2D eigenvalue weighted by atomic mass is 10.1. The number of carbonyl (C=O) groups excluding carboxylic acids is 1. The molecule has 1 unspecified atom stereocenters. The lowest BCUT2D eigenvalue weighted by molar-refractivity contribution is 0.102. The van der Waals surface area contributed by atoms with E-state index in [0.29, 0.717) is 23.2 Å². The van der Waals surface area contributed by atoms with Crippen molar-refractivity contribution in [2.45, 2.75) is 18.9 Å². The number of piperidine rings is 1.